The molecule has 1 N–H and O–H groups in total. The maximum atomic E-state index is 12.3. The van der Waals surface area contributed by atoms with Gasteiger partial charge >= 0.3 is 5.91 Å². The molecule has 134 valence electrons. The van der Waals surface area contributed by atoms with Gasteiger partial charge in [0.05, 0.1) is 11.9 Å². The zero-order valence-electron chi connectivity index (χ0n) is 14.5. The second kappa shape index (κ2) is 7.13. The van der Waals surface area contributed by atoms with E-state index in [1.807, 2.05) is 49.4 Å². The van der Waals surface area contributed by atoms with Gasteiger partial charge in [0.1, 0.15) is 5.58 Å². The Morgan fingerprint density at radius 1 is 1.11 bits per heavy atom. The highest BCUT2D eigenvalue weighted by Crippen LogP contribution is 2.23. The fourth-order valence-corrected chi connectivity index (χ4v) is 3.11. The fourth-order valence-electron chi connectivity index (χ4n) is 2.93. The summed E-state index contributed by atoms with van der Waals surface area (Å²) in [4.78, 5) is 12.3. The van der Waals surface area contributed by atoms with Gasteiger partial charge < -0.3 is 8.98 Å². The number of hydrogen-bond acceptors (Lipinski definition) is 3. The quantitative estimate of drug-likeness (QED) is 0.404. The Hall–Kier alpha value is -3.31. The highest BCUT2D eigenvalue weighted by atomic mass is 35.5. The molecule has 0 aliphatic carbocycles. The first-order chi connectivity index (χ1) is 13.1. The van der Waals surface area contributed by atoms with E-state index in [1.54, 1.807) is 30.5 Å². The molecule has 0 atom stereocenters. The topological polar surface area (TPSA) is 59.5 Å². The zero-order valence-corrected chi connectivity index (χ0v) is 15.3. The minimum Gasteiger partial charge on any atom is -0.451 e. The van der Waals surface area contributed by atoms with E-state index in [0.29, 0.717) is 10.6 Å². The average molecular weight is 378 g/mol. The predicted molar refractivity (Wildman–Crippen MR) is 107 cm³/mol. The largest absolute Gasteiger partial charge is 0.451 e. The van der Waals surface area contributed by atoms with E-state index in [9.17, 15) is 4.79 Å². The molecule has 6 heteroatoms. The van der Waals surface area contributed by atoms with Gasteiger partial charge in [-0.2, -0.15) is 5.10 Å². The molecule has 1 amide bonds. The summed E-state index contributed by atoms with van der Waals surface area (Å²) in [5.74, 6) is -0.243. The average Bonchev–Trinajstić information content (AvgIpc) is 3.25. The molecule has 4 aromatic rings. The van der Waals surface area contributed by atoms with Crippen LogP contribution in [-0.4, -0.2) is 16.7 Å². The molecule has 2 aromatic heterocycles. The number of para-hydroxylation sites is 1. The second-order valence-corrected chi connectivity index (χ2v) is 6.50. The van der Waals surface area contributed by atoms with Crippen molar-refractivity contribution in [2.75, 3.05) is 0 Å². The van der Waals surface area contributed by atoms with E-state index in [-0.39, 0.29) is 5.76 Å². The van der Waals surface area contributed by atoms with Crippen LogP contribution in [0.25, 0.3) is 16.7 Å². The molecular formula is C21H16ClN3O2. The van der Waals surface area contributed by atoms with Gasteiger partial charge in [-0.3, -0.25) is 4.79 Å². The highest BCUT2D eigenvalue weighted by molar-refractivity contribution is 6.31. The third-order valence-electron chi connectivity index (χ3n) is 4.19. The van der Waals surface area contributed by atoms with Gasteiger partial charge in [-0.1, -0.05) is 29.8 Å². The maximum absolute atomic E-state index is 12.3. The molecule has 4 rings (SSSR count). The minimum atomic E-state index is -0.423. The molecule has 5 nitrogen and oxygen atoms in total. The first kappa shape index (κ1) is 17.1. The van der Waals surface area contributed by atoms with Crippen molar-refractivity contribution in [3.63, 3.8) is 0 Å². The highest BCUT2D eigenvalue weighted by Gasteiger charge is 2.12. The smallest absolute Gasteiger partial charge is 0.307 e. The Morgan fingerprint density at radius 2 is 1.93 bits per heavy atom. The van der Waals surface area contributed by atoms with Crippen molar-refractivity contribution in [2.24, 2.45) is 5.10 Å². The van der Waals surface area contributed by atoms with E-state index in [1.165, 1.54) is 0 Å². The molecule has 0 saturated heterocycles. The van der Waals surface area contributed by atoms with Gasteiger partial charge in [-0.15, -0.1) is 0 Å². The molecule has 2 heterocycles. The van der Waals surface area contributed by atoms with Gasteiger partial charge in [0.2, 0.25) is 0 Å². The lowest BCUT2D eigenvalue weighted by Crippen LogP contribution is -2.17. The van der Waals surface area contributed by atoms with E-state index < -0.39 is 5.91 Å². The van der Waals surface area contributed by atoms with Gasteiger partial charge in [-0.05, 0) is 55.5 Å². The van der Waals surface area contributed by atoms with Crippen LogP contribution in [0, 0.1) is 6.92 Å². The Kier molecular flexibility index (Phi) is 4.52. The van der Waals surface area contributed by atoms with Crippen LogP contribution < -0.4 is 5.43 Å². The first-order valence-electron chi connectivity index (χ1n) is 8.38. The van der Waals surface area contributed by atoms with Crippen molar-refractivity contribution in [1.82, 2.24) is 9.99 Å². The Bertz CT molecular complexity index is 1140. The third kappa shape index (κ3) is 3.50. The summed E-state index contributed by atoms with van der Waals surface area (Å²) in [5, 5.41) is 5.43. The van der Waals surface area contributed by atoms with E-state index in [0.717, 1.165) is 22.5 Å². The summed E-state index contributed by atoms with van der Waals surface area (Å²) in [5.41, 5.74) is 6.06. The summed E-state index contributed by atoms with van der Waals surface area (Å²) >= 11 is 5.96. The van der Waals surface area contributed by atoms with Gasteiger partial charge in [0.25, 0.3) is 0 Å². The van der Waals surface area contributed by atoms with Gasteiger partial charge in [-0.25, -0.2) is 5.43 Å². The molecule has 0 spiro atoms. The summed E-state index contributed by atoms with van der Waals surface area (Å²) in [6, 6.07) is 20.7. The van der Waals surface area contributed by atoms with Crippen molar-refractivity contribution >= 4 is 34.7 Å². The number of halogens is 1. The zero-order chi connectivity index (χ0) is 18.8. The van der Waals surface area contributed by atoms with Crippen molar-refractivity contribution in [1.29, 1.82) is 0 Å². The van der Waals surface area contributed by atoms with Crippen LogP contribution in [0.2, 0.25) is 5.02 Å². The SMILES string of the molecule is Cc1ccc(/C=N/NC(=O)c2cc3cc(Cl)ccc3o2)n1-c1ccccc1. The standard InChI is InChI=1S/C21H16ClN3O2/c1-14-7-9-18(25(14)17-5-3-2-4-6-17)13-23-24-21(26)20-12-15-11-16(22)8-10-19(15)27-20/h2-13H,1H3,(H,24,26)/b23-13+. The molecular weight excluding hydrogens is 362 g/mol. The Balaban J connectivity index is 1.53. The van der Waals surface area contributed by atoms with Crippen LogP contribution in [0.4, 0.5) is 0 Å². The van der Waals surface area contributed by atoms with E-state index >= 15 is 0 Å². The number of furan rings is 1. The summed E-state index contributed by atoms with van der Waals surface area (Å²) < 4.78 is 7.59. The molecule has 0 bridgehead atoms. The van der Waals surface area contributed by atoms with Crippen LogP contribution in [0.3, 0.4) is 0 Å². The summed E-state index contributed by atoms with van der Waals surface area (Å²) in [7, 11) is 0. The number of carbonyl (C=O) groups is 1. The van der Waals surface area contributed by atoms with Crippen LogP contribution >= 0.6 is 11.6 Å². The number of benzene rings is 2. The van der Waals surface area contributed by atoms with Crippen molar-refractivity contribution in [2.45, 2.75) is 6.92 Å². The monoisotopic (exact) mass is 377 g/mol. The molecule has 27 heavy (non-hydrogen) atoms. The van der Waals surface area contributed by atoms with Gasteiger partial charge in [0, 0.05) is 21.8 Å². The molecule has 0 aliphatic heterocycles. The summed E-state index contributed by atoms with van der Waals surface area (Å²) in [6.07, 6.45) is 1.61. The Morgan fingerprint density at radius 3 is 2.74 bits per heavy atom. The fraction of sp³-hybridized carbons (Fsp3) is 0.0476. The summed E-state index contributed by atoms with van der Waals surface area (Å²) in [6.45, 7) is 2.02. The molecule has 0 radical (unpaired) electrons. The van der Waals surface area contributed by atoms with Crippen LogP contribution in [0.5, 0.6) is 0 Å². The molecule has 0 saturated carbocycles. The first-order valence-corrected chi connectivity index (χ1v) is 8.76. The number of hydrogen-bond donors (Lipinski definition) is 1. The molecule has 0 fully saturated rings. The number of aryl methyl sites for hydroxylation is 1. The number of rotatable bonds is 4. The lowest BCUT2D eigenvalue weighted by atomic mass is 10.2. The van der Waals surface area contributed by atoms with Crippen molar-refractivity contribution < 1.29 is 9.21 Å². The van der Waals surface area contributed by atoms with Crippen molar-refractivity contribution in [3.05, 3.63) is 88.9 Å². The third-order valence-corrected chi connectivity index (χ3v) is 4.42. The van der Waals surface area contributed by atoms with Crippen LogP contribution in [0.1, 0.15) is 21.9 Å². The number of carbonyl (C=O) groups excluding carboxylic acids is 1. The van der Waals surface area contributed by atoms with Gasteiger partial charge in [0.15, 0.2) is 5.76 Å². The lowest BCUT2D eigenvalue weighted by Gasteiger charge is -2.08. The van der Waals surface area contributed by atoms with Crippen LogP contribution in [0.15, 0.2) is 76.2 Å². The second-order valence-electron chi connectivity index (χ2n) is 6.06. The number of fused-ring (bicyclic) bond motifs is 1. The van der Waals surface area contributed by atoms with Crippen molar-refractivity contribution in [3.8, 4) is 5.69 Å². The lowest BCUT2D eigenvalue weighted by molar-refractivity contribution is 0.0929. The predicted octanol–water partition coefficient (Wildman–Crippen LogP) is 4.95. The number of amides is 1. The normalized spacial score (nSPS) is 11.3. The number of aromatic nitrogens is 1. The number of nitrogens with zero attached hydrogens (tertiary/aromatic N) is 2. The molecule has 0 unspecified atom stereocenters. The number of nitrogens with one attached hydrogen (secondary N) is 1. The van der Waals surface area contributed by atoms with E-state index in [4.69, 9.17) is 16.0 Å². The van der Waals surface area contributed by atoms with E-state index in [2.05, 4.69) is 15.1 Å². The van der Waals surface area contributed by atoms with Crippen LogP contribution in [-0.2, 0) is 0 Å². The Labute approximate surface area is 160 Å². The number of hydrazone groups is 1. The minimum absolute atomic E-state index is 0.180. The molecule has 2 aromatic carbocycles. The molecule has 0 aliphatic rings. The maximum Gasteiger partial charge on any atom is 0.307 e.